The van der Waals surface area contributed by atoms with Crippen molar-refractivity contribution in [2.45, 2.75) is 37.8 Å². The topological polar surface area (TPSA) is 41.3 Å². The Labute approximate surface area is 103 Å². The Kier molecular flexibility index (Phi) is 3.14. The molecule has 1 heterocycles. The first-order valence-electron chi connectivity index (χ1n) is 6.70. The number of nitrogens with zero attached hydrogens (tertiary/aromatic N) is 1. The molecule has 0 bridgehead atoms. The maximum absolute atomic E-state index is 6.18. The first-order valence-corrected chi connectivity index (χ1v) is 6.70. The van der Waals surface area contributed by atoms with Crippen LogP contribution in [-0.2, 0) is 0 Å². The van der Waals surface area contributed by atoms with Gasteiger partial charge in [-0.15, -0.1) is 0 Å². The summed E-state index contributed by atoms with van der Waals surface area (Å²) < 4.78 is 0. The van der Waals surface area contributed by atoms with Crippen molar-refractivity contribution < 1.29 is 0 Å². The number of piperidine rings is 1. The van der Waals surface area contributed by atoms with Crippen molar-refractivity contribution in [3.63, 3.8) is 0 Å². The molecule has 1 aromatic carbocycles. The molecule has 0 amide bonds. The number of hydrogen-bond donors (Lipinski definition) is 2. The van der Waals surface area contributed by atoms with Crippen molar-refractivity contribution in [3.05, 3.63) is 35.4 Å². The summed E-state index contributed by atoms with van der Waals surface area (Å²) in [6.07, 6.45) is 5.02. The average Bonchev–Trinajstić information content (AvgIpc) is 2.69. The highest BCUT2D eigenvalue weighted by Gasteiger charge is 2.29. The number of fused-ring (bicyclic) bond motifs is 1. The highest BCUT2D eigenvalue weighted by Crippen LogP contribution is 2.37. The van der Waals surface area contributed by atoms with E-state index < -0.39 is 0 Å². The predicted octanol–water partition coefficient (Wildman–Crippen LogP) is 2.12. The quantitative estimate of drug-likeness (QED) is 0.819. The molecule has 3 rings (SSSR count). The largest absolute Gasteiger partial charge is 0.324 e. The molecule has 0 spiro atoms. The van der Waals surface area contributed by atoms with Crippen LogP contribution in [0.25, 0.3) is 0 Å². The van der Waals surface area contributed by atoms with E-state index in [0.717, 1.165) is 6.42 Å². The first-order chi connectivity index (χ1) is 8.34. The fraction of sp³-hybridized carbons (Fsp3) is 0.571. The van der Waals surface area contributed by atoms with Gasteiger partial charge >= 0.3 is 0 Å². The van der Waals surface area contributed by atoms with Crippen LogP contribution in [0, 0.1) is 0 Å². The van der Waals surface area contributed by atoms with E-state index >= 15 is 0 Å². The predicted molar refractivity (Wildman–Crippen MR) is 69.3 cm³/mol. The fourth-order valence-electron chi connectivity index (χ4n) is 3.04. The van der Waals surface area contributed by atoms with Crippen LogP contribution in [0.1, 0.15) is 48.9 Å². The third-order valence-electron chi connectivity index (χ3n) is 3.96. The van der Waals surface area contributed by atoms with E-state index in [1.807, 2.05) is 0 Å². The van der Waals surface area contributed by atoms with Gasteiger partial charge in [0, 0.05) is 25.2 Å². The number of rotatable bonds is 2. The summed E-state index contributed by atoms with van der Waals surface area (Å²) in [5.74, 6) is 0. The number of hydrazine groups is 1. The van der Waals surface area contributed by atoms with E-state index in [0.29, 0.717) is 6.04 Å². The zero-order valence-electron chi connectivity index (χ0n) is 10.2. The van der Waals surface area contributed by atoms with Gasteiger partial charge in [0.25, 0.3) is 0 Å². The molecule has 2 atom stereocenters. The molecule has 1 aliphatic heterocycles. The van der Waals surface area contributed by atoms with Crippen LogP contribution in [0.5, 0.6) is 0 Å². The first kappa shape index (κ1) is 11.2. The van der Waals surface area contributed by atoms with Crippen molar-refractivity contribution in [2.75, 3.05) is 13.1 Å². The van der Waals surface area contributed by atoms with Gasteiger partial charge < -0.3 is 5.73 Å². The minimum Gasteiger partial charge on any atom is -0.324 e. The molecular formula is C14H21N3. The van der Waals surface area contributed by atoms with Crippen LogP contribution < -0.4 is 11.2 Å². The van der Waals surface area contributed by atoms with Gasteiger partial charge in [0.05, 0.1) is 0 Å². The Morgan fingerprint density at radius 1 is 1.06 bits per heavy atom. The SMILES string of the molecule is NC1CC(NN2CCCCC2)c2ccccc21. The third kappa shape index (κ3) is 2.23. The van der Waals surface area contributed by atoms with Crippen molar-refractivity contribution >= 4 is 0 Å². The Balaban J connectivity index is 1.72. The van der Waals surface area contributed by atoms with E-state index in [4.69, 9.17) is 5.73 Å². The Morgan fingerprint density at radius 3 is 2.53 bits per heavy atom. The number of hydrogen-bond acceptors (Lipinski definition) is 3. The van der Waals surface area contributed by atoms with Gasteiger partial charge in [-0.3, -0.25) is 0 Å². The molecule has 0 aromatic heterocycles. The van der Waals surface area contributed by atoms with E-state index in [1.54, 1.807) is 0 Å². The lowest BCUT2D eigenvalue weighted by atomic mass is 10.1. The highest BCUT2D eigenvalue weighted by atomic mass is 15.5. The Morgan fingerprint density at radius 2 is 1.76 bits per heavy atom. The zero-order chi connectivity index (χ0) is 11.7. The van der Waals surface area contributed by atoms with Gasteiger partial charge in [0.2, 0.25) is 0 Å². The van der Waals surface area contributed by atoms with E-state index in [2.05, 4.69) is 34.7 Å². The van der Waals surface area contributed by atoms with Crippen LogP contribution in [0.2, 0.25) is 0 Å². The standard InChI is InChI=1S/C14H21N3/c15-13-10-14(12-7-3-2-6-11(12)13)16-17-8-4-1-5-9-17/h2-3,6-7,13-14,16H,1,4-5,8-10,15H2. The minimum absolute atomic E-state index is 0.202. The molecule has 1 saturated heterocycles. The van der Waals surface area contributed by atoms with Gasteiger partial charge in [-0.25, -0.2) is 10.4 Å². The Bertz CT molecular complexity index is 385. The van der Waals surface area contributed by atoms with Crippen molar-refractivity contribution in [3.8, 4) is 0 Å². The summed E-state index contributed by atoms with van der Waals surface area (Å²) in [6.45, 7) is 2.35. The number of nitrogens with two attached hydrogens (primary N) is 1. The lowest BCUT2D eigenvalue weighted by Gasteiger charge is -2.30. The molecule has 2 aliphatic rings. The molecule has 1 aliphatic carbocycles. The second kappa shape index (κ2) is 4.77. The summed E-state index contributed by atoms with van der Waals surface area (Å²) in [5, 5.41) is 2.38. The fourth-order valence-corrected chi connectivity index (χ4v) is 3.04. The van der Waals surface area contributed by atoms with Crippen molar-refractivity contribution in [1.29, 1.82) is 0 Å². The van der Waals surface area contributed by atoms with Gasteiger partial charge in [-0.1, -0.05) is 30.7 Å². The maximum Gasteiger partial charge on any atom is 0.0486 e. The molecule has 1 fully saturated rings. The van der Waals surface area contributed by atoms with Crippen molar-refractivity contribution in [2.24, 2.45) is 5.73 Å². The molecule has 17 heavy (non-hydrogen) atoms. The molecule has 92 valence electrons. The molecule has 2 unspecified atom stereocenters. The van der Waals surface area contributed by atoms with Gasteiger partial charge in [0.15, 0.2) is 0 Å². The second-order valence-electron chi connectivity index (χ2n) is 5.20. The van der Waals surface area contributed by atoms with E-state index in [1.165, 1.54) is 43.5 Å². The van der Waals surface area contributed by atoms with Gasteiger partial charge in [0.1, 0.15) is 0 Å². The van der Waals surface area contributed by atoms with Gasteiger partial charge in [-0.05, 0) is 30.4 Å². The normalized spacial score (nSPS) is 29.2. The lowest BCUT2D eigenvalue weighted by molar-refractivity contribution is 0.127. The smallest absolute Gasteiger partial charge is 0.0486 e. The zero-order valence-corrected chi connectivity index (χ0v) is 10.2. The number of benzene rings is 1. The molecule has 3 N–H and O–H groups in total. The molecule has 3 nitrogen and oxygen atoms in total. The molecule has 0 radical (unpaired) electrons. The minimum atomic E-state index is 0.202. The summed E-state index contributed by atoms with van der Waals surface area (Å²) in [5.41, 5.74) is 12.6. The molecule has 0 saturated carbocycles. The van der Waals surface area contributed by atoms with Crippen LogP contribution >= 0.6 is 0 Å². The molecule has 3 heteroatoms. The summed E-state index contributed by atoms with van der Waals surface area (Å²) >= 11 is 0. The highest BCUT2D eigenvalue weighted by molar-refractivity contribution is 5.37. The lowest BCUT2D eigenvalue weighted by Crippen LogP contribution is -2.43. The summed E-state index contributed by atoms with van der Waals surface area (Å²) in [4.78, 5) is 0. The average molecular weight is 231 g/mol. The van der Waals surface area contributed by atoms with Crippen LogP contribution in [-0.4, -0.2) is 18.1 Å². The second-order valence-corrected chi connectivity index (χ2v) is 5.20. The summed E-state index contributed by atoms with van der Waals surface area (Å²) in [7, 11) is 0. The molecule has 1 aromatic rings. The van der Waals surface area contributed by atoms with Crippen LogP contribution in [0.15, 0.2) is 24.3 Å². The molecular weight excluding hydrogens is 210 g/mol. The summed E-state index contributed by atoms with van der Waals surface area (Å²) in [6, 6.07) is 9.19. The van der Waals surface area contributed by atoms with Crippen LogP contribution in [0.3, 0.4) is 0 Å². The maximum atomic E-state index is 6.18. The number of nitrogens with one attached hydrogen (secondary N) is 1. The third-order valence-corrected chi connectivity index (χ3v) is 3.96. The van der Waals surface area contributed by atoms with Gasteiger partial charge in [-0.2, -0.15) is 0 Å². The van der Waals surface area contributed by atoms with Crippen LogP contribution in [0.4, 0.5) is 0 Å². The monoisotopic (exact) mass is 231 g/mol. The van der Waals surface area contributed by atoms with Crippen molar-refractivity contribution in [1.82, 2.24) is 10.4 Å². The van der Waals surface area contributed by atoms with E-state index in [9.17, 15) is 0 Å². The van der Waals surface area contributed by atoms with E-state index in [-0.39, 0.29) is 6.04 Å². The Hall–Kier alpha value is -0.900.